The maximum Gasteiger partial charge on any atom is 0.260 e. The highest BCUT2D eigenvalue weighted by atomic mass is 35.5. The van der Waals surface area contributed by atoms with E-state index in [4.69, 9.17) is 16.9 Å². The van der Waals surface area contributed by atoms with Gasteiger partial charge in [-0.15, -0.1) is 16.4 Å². The minimum atomic E-state index is -0.239. The number of aromatic nitrogens is 5. The monoisotopic (exact) mass is 368 g/mol. The Hall–Kier alpha value is -3.02. The maximum atomic E-state index is 12.6. The summed E-state index contributed by atoms with van der Waals surface area (Å²) in [5, 5.41) is 15.7. The molecular weight excluding hydrogens is 360 g/mol. The van der Waals surface area contributed by atoms with Gasteiger partial charge in [-0.1, -0.05) is 29.8 Å². The summed E-state index contributed by atoms with van der Waals surface area (Å²) in [5.74, 6) is 0.514. The van der Waals surface area contributed by atoms with Crippen LogP contribution in [0.3, 0.4) is 0 Å². The van der Waals surface area contributed by atoms with Crippen molar-refractivity contribution in [3.63, 3.8) is 0 Å². The first-order valence-corrected chi connectivity index (χ1v) is 8.46. The fourth-order valence-corrected chi connectivity index (χ4v) is 3.72. The maximum absolute atomic E-state index is 12.6. The molecule has 4 rings (SSSR count). The number of hydrogen-bond acceptors (Lipinski definition) is 6. The highest BCUT2D eigenvalue weighted by molar-refractivity contribution is 7.17. The van der Waals surface area contributed by atoms with Crippen LogP contribution in [-0.4, -0.2) is 24.7 Å². The molecule has 0 aliphatic heterocycles. The molecule has 25 heavy (non-hydrogen) atoms. The highest BCUT2D eigenvalue weighted by Crippen LogP contribution is 2.34. The Morgan fingerprint density at radius 2 is 2.16 bits per heavy atom. The number of nitrogens with zero attached hydrogens (tertiary/aromatic N) is 5. The Labute approximate surface area is 150 Å². The number of hydrogen-bond donors (Lipinski definition) is 1. The van der Waals surface area contributed by atoms with Gasteiger partial charge in [0.15, 0.2) is 0 Å². The first kappa shape index (κ1) is 15.5. The van der Waals surface area contributed by atoms with Crippen LogP contribution in [0.25, 0.3) is 21.3 Å². The SMILES string of the molecule is N#Cc1ncn(Cc2nc3scc(-c4ccccc4Cl)c3c(=O)[nH]2)n1. The van der Waals surface area contributed by atoms with Crippen LogP contribution in [0.5, 0.6) is 0 Å². The summed E-state index contributed by atoms with van der Waals surface area (Å²) in [6, 6.07) is 9.23. The topological polar surface area (TPSA) is 100 Å². The number of rotatable bonds is 3. The van der Waals surface area contributed by atoms with Gasteiger partial charge in [-0.05, 0) is 6.07 Å². The Kier molecular flexibility index (Phi) is 3.80. The first-order chi connectivity index (χ1) is 12.2. The van der Waals surface area contributed by atoms with Gasteiger partial charge in [0.05, 0.1) is 5.39 Å². The second kappa shape index (κ2) is 6.12. The number of aromatic amines is 1. The molecule has 1 N–H and O–H groups in total. The van der Waals surface area contributed by atoms with E-state index >= 15 is 0 Å². The molecule has 4 aromatic rings. The summed E-state index contributed by atoms with van der Waals surface area (Å²) in [6.45, 7) is 0.221. The van der Waals surface area contributed by atoms with Crippen LogP contribution in [0.15, 0.2) is 40.8 Å². The van der Waals surface area contributed by atoms with Gasteiger partial charge in [0.2, 0.25) is 0 Å². The zero-order valence-electron chi connectivity index (χ0n) is 12.6. The Bertz CT molecular complexity index is 1190. The van der Waals surface area contributed by atoms with Crippen molar-refractivity contribution in [2.45, 2.75) is 6.54 Å². The molecule has 0 radical (unpaired) electrons. The lowest BCUT2D eigenvalue weighted by Gasteiger charge is -2.03. The fraction of sp³-hybridized carbons (Fsp3) is 0.0625. The highest BCUT2D eigenvalue weighted by Gasteiger charge is 2.15. The van der Waals surface area contributed by atoms with Crippen LogP contribution in [-0.2, 0) is 6.54 Å². The number of nitriles is 1. The predicted octanol–water partition coefficient (Wildman–Crippen LogP) is 2.82. The number of nitrogens with one attached hydrogen (secondary N) is 1. The molecule has 1 aromatic carbocycles. The van der Waals surface area contributed by atoms with E-state index in [0.717, 1.165) is 11.1 Å². The number of thiophene rings is 1. The third-order valence-electron chi connectivity index (χ3n) is 3.61. The van der Waals surface area contributed by atoms with Crippen molar-refractivity contribution < 1.29 is 0 Å². The van der Waals surface area contributed by atoms with Crippen LogP contribution in [0.4, 0.5) is 0 Å². The average molecular weight is 369 g/mol. The van der Waals surface area contributed by atoms with Gasteiger partial charge in [-0.2, -0.15) is 5.26 Å². The molecule has 0 aliphatic rings. The van der Waals surface area contributed by atoms with E-state index < -0.39 is 0 Å². The summed E-state index contributed by atoms with van der Waals surface area (Å²) >= 11 is 7.63. The van der Waals surface area contributed by atoms with Crippen molar-refractivity contribution in [2.75, 3.05) is 0 Å². The molecule has 0 amide bonds. The molecule has 0 aliphatic carbocycles. The van der Waals surface area contributed by atoms with E-state index in [-0.39, 0.29) is 17.9 Å². The Morgan fingerprint density at radius 3 is 2.92 bits per heavy atom. The molecule has 0 spiro atoms. The minimum absolute atomic E-state index is 0.0700. The quantitative estimate of drug-likeness (QED) is 0.599. The Balaban J connectivity index is 1.78. The van der Waals surface area contributed by atoms with Crippen molar-refractivity contribution in [1.82, 2.24) is 24.7 Å². The van der Waals surface area contributed by atoms with Gasteiger partial charge in [0.1, 0.15) is 29.6 Å². The molecule has 0 bridgehead atoms. The average Bonchev–Trinajstić information content (AvgIpc) is 3.22. The second-order valence-corrected chi connectivity index (χ2v) is 6.46. The van der Waals surface area contributed by atoms with Crippen molar-refractivity contribution >= 4 is 33.2 Å². The number of H-pyrrole nitrogens is 1. The van der Waals surface area contributed by atoms with Crippen molar-refractivity contribution in [3.05, 3.63) is 63.0 Å². The molecule has 0 saturated carbocycles. The van der Waals surface area contributed by atoms with Gasteiger partial charge in [0.25, 0.3) is 11.4 Å². The van der Waals surface area contributed by atoms with E-state index in [1.54, 1.807) is 6.07 Å². The molecule has 0 unspecified atom stereocenters. The summed E-state index contributed by atoms with van der Waals surface area (Å²) in [5.41, 5.74) is 1.32. The lowest BCUT2D eigenvalue weighted by molar-refractivity contribution is 0.652. The predicted molar refractivity (Wildman–Crippen MR) is 94.5 cm³/mol. The number of halogens is 1. The van der Waals surface area contributed by atoms with E-state index in [2.05, 4.69) is 20.1 Å². The normalized spacial score (nSPS) is 10.9. The smallest absolute Gasteiger partial charge is 0.260 e. The first-order valence-electron chi connectivity index (χ1n) is 7.20. The van der Waals surface area contributed by atoms with Crippen LogP contribution < -0.4 is 5.56 Å². The van der Waals surface area contributed by atoms with Crippen LogP contribution >= 0.6 is 22.9 Å². The molecule has 0 atom stereocenters. The lowest BCUT2D eigenvalue weighted by Crippen LogP contribution is -2.14. The van der Waals surface area contributed by atoms with Gasteiger partial charge in [-0.3, -0.25) is 4.79 Å². The summed E-state index contributed by atoms with van der Waals surface area (Å²) in [4.78, 5) is 24.3. The van der Waals surface area contributed by atoms with Gasteiger partial charge < -0.3 is 4.98 Å². The molecule has 3 heterocycles. The van der Waals surface area contributed by atoms with Crippen LogP contribution in [0, 0.1) is 11.3 Å². The van der Waals surface area contributed by atoms with Gasteiger partial charge >= 0.3 is 0 Å². The molecule has 3 aromatic heterocycles. The molecule has 7 nitrogen and oxygen atoms in total. The molecule has 0 saturated heterocycles. The van der Waals surface area contributed by atoms with E-state index in [1.165, 1.54) is 22.3 Å². The molecular formula is C16H9ClN6OS. The van der Waals surface area contributed by atoms with Crippen molar-refractivity contribution in [2.24, 2.45) is 0 Å². The van der Waals surface area contributed by atoms with Gasteiger partial charge in [-0.25, -0.2) is 14.6 Å². The third kappa shape index (κ3) is 2.80. The minimum Gasteiger partial charge on any atom is -0.308 e. The second-order valence-electron chi connectivity index (χ2n) is 5.20. The van der Waals surface area contributed by atoms with Crippen molar-refractivity contribution in [3.8, 4) is 17.2 Å². The Morgan fingerprint density at radius 1 is 1.32 bits per heavy atom. The molecule has 122 valence electrons. The zero-order valence-corrected chi connectivity index (χ0v) is 14.2. The summed E-state index contributed by atoms with van der Waals surface area (Å²) in [7, 11) is 0. The number of fused-ring (bicyclic) bond motifs is 1. The van der Waals surface area contributed by atoms with E-state index in [0.29, 0.717) is 21.1 Å². The molecule has 9 heteroatoms. The molecule has 0 fully saturated rings. The summed E-state index contributed by atoms with van der Waals surface area (Å²) in [6.07, 6.45) is 1.42. The fourth-order valence-electron chi connectivity index (χ4n) is 2.52. The van der Waals surface area contributed by atoms with Crippen molar-refractivity contribution in [1.29, 1.82) is 5.26 Å². The largest absolute Gasteiger partial charge is 0.308 e. The van der Waals surface area contributed by atoms with Crippen LogP contribution in [0.2, 0.25) is 5.02 Å². The van der Waals surface area contributed by atoms with Crippen LogP contribution in [0.1, 0.15) is 11.6 Å². The van der Waals surface area contributed by atoms with Gasteiger partial charge in [0, 0.05) is 21.5 Å². The van der Waals surface area contributed by atoms with E-state index in [9.17, 15) is 4.79 Å². The third-order valence-corrected chi connectivity index (χ3v) is 4.81. The number of benzene rings is 1. The standard InChI is InChI=1S/C16H9ClN6OS/c17-11-4-2-1-3-9(11)10-7-25-16-14(10)15(24)20-13(21-16)6-23-8-19-12(5-18)22-23/h1-4,7-8H,6H2,(H,20,21,24). The lowest BCUT2D eigenvalue weighted by atomic mass is 10.1. The zero-order chi connectivity index (χ0) is 17.4. The summed E-state index contributed by atoms with van der Waals surface area (Å²) < 4.78 is 1.45. The van der Waals surface area contributed by atoms with E-state index in [1.807, 2.05) is 29.6 Å².